The Kier molecular flexibility index (Phi) is 4.13. The molecule has 22 heavy (non-hydrogen) atoms. The van der Waals surface area contributed by atoms with Gasteiger partial charge in [0.05, 0.1) is 10.9 Å². The highest BCUT2D eigenvalue weighted by Crippen LogP contribution is 2.35. The monoisotopic (exact) mass is 317 g/mol. The first-order chi connectivity index (χ1) is 10.6. The Hall–Kier alpha value is -1.92. The fourth-order valence-corrected chi connectivity index (χ4v) is 4.56. The molecule has 0 aliphatic carbocycles. The number of piperidine rings is 1. The molecule has 1 fully saturated rings. The van der Waals surface area contributed by atoms with Crippen molar-refractivity contribution in [2.45, 2.75) is 30.2 Å². The summed E-state index contributed by atoms with van der Waals surface area (Å²) in [6.45, 7) is 0.534. The van der Waals surface area contributed by atoms with Gasteiger partial charge in [-0.1, -0.05) is 12.5 Å². The Morgan fingerprint density at radius 2 is 1.91 bits per heavy atom. The molecule has 1 aromatic heterocycles. The van der Waals surface area contributed by atoms with E-state index in [0.29, 0.717) is 12.2 Å². The molecule has 0 amide bonds. The number of sulfonamides is 1. The predicted octanol–water partition coefficient (Wildman–Crippen LogP) is 2.58. The first kappa shape index (κ1) is 15.0. The molecule has 0 saturated carbocycles. The highest BCUT2D eigenvalue weighted by Gasteiger charge is 2.34. The Bertz CT molecular complexity index is 730. The second-order valence-corrected chi connectivity index (χ2v) is 7.37. The minimum absolute atomic E-state index is 0.148. The van der Waals surface area contributed by atoms with Crippen LogP contribution < -0.4 is 5.73 Å². The van der Waals surface area contributed by atoms with Crippen LogP contribution in [0.5, 0.6) is 0 Å². The lowest BCUT2D eigenvalue weighted by Gasteiger charge is -2.34. The van der Waals surface area contributed by atoms with E-state index >= 15 is 0 Å². The predicted molar refractivity (Wildman–Crippen MR) is 85.6 cm³/mol. The number of pyridine rings is 1. The maximum absolute atomic E-state index is 12.9. The van der Waals surface area contributed by atoms with E-state index in [1.807, 2.05) is 12.1 Å². The number of hydrogen-bond acceptors (Lipinski definition) is 4. The summed E-state index contributed by atoms with van der Waals surface area (Å²) >= 11 is 0. The minimum atomic E-state index is -3.53. The summed E-state index contributed by atoms with van der Waals surface area (Å²) in [6.07, 6.45) is 6.17. The molecule has 1 saturated heterocycles. The number of benzene rings is 1. The quantitative estimate of drug-likeness (QED) is 0.883. The van der Waals surface area contributed by atoms with Gasteiger partial charge in [-0.3, -0.25) is 4.98 Å². The second kappa shape index (κ2) is 6.06. The number of nitrogens with two attached hydrogens (primary N) is 1. The average molecular weight is 317 g/mol. The third-order valence-electron chi connectivity index (χ3n) is 4.01. The minimum Gasteiger partial charge on any atom is -0.399 e. The van der Waals surface area contributed by atoms with E-state index in [0.717, 1.165) is 24.8 Å². The van der Waals surface area contributed by atoms with Crippen LogP contribution in [0.4, 0.5) is 5.69 Å². The second-order valence-electron chi connectivity index (χ2n) is 5.48. The van der Waals surface area contributed by atoms with Crippen molar-refractivity contribution in [2.75, 3.05) is 12.3 Å². The van der Waals surface area contributed by atoms with Gasteiger partial charge in [0.1, 0.15) is 0 Å². The van der Waals surface area contributed by atoms with Crippen LogP contribution in [0.3, 0.4) is 0 Å². The highest BCUT2D eigenvalue weighted by molar-refractivity contribution is 7.89. The van der Waals surface area contributed by atoms with Crippen molar-refractivity contribution in [3.8, 4) is 0 Å². The maximum Gasteiger partial charge on any atom is 0.243 e. The molecule has 0 radical (unpaired) electrons. The number of anilines is 1. The van der Waals surface area contributed by atoms with Gasteiger partial charge in [0, 0.05) is 24.6 Å². The van der Waals surface area contributed by atoms with Gasteiger partial charge >= 0.3 is 0 Å². The molecule has 5 nitrogen and oxygen atoms in total. The summed E-state index contributed by atoms with van der Waals surface area (Å²) in [4.78, 5) is 4.41. The van der Waals surface area contributed by atoms with Crippen LogP contribution >= 0.6 is 0 Å². The average Bonchev–Trinajstić information content (AvgIpc) is 2.56. The number of rotatable bonds is 3. The molecule has 0 spiro atoms. The topological polar surface area (TPSA) is 76.3 Å². The highest BCUT2D eigenvalue weighted by atomic mass is 32.2. The zero-order chi connectivity index (χ0) is 15.6. The number of nitrogens with zero attached hydrogens (tertiary/aromatic N) is 2. The fraction of sp³-hybridized carbons (Fsp3) is 0.312. The van der Waals surface area contributed by atoms with Gasteiger partial charge < -0.3 is 5.73 Å². The van der Waals surface area contributed by atoms with E-state index in [1.54, 1.807) is 41.0 Å². The van der Waals surface area contributed by atoms with Crippen LogP contribution in [0.25, 0.3) is 0 Å². The van der Waals surface area contributed by atoms with Crippen LogP contribution in [0.15, 0.2) is 53.7 Å². The summed E-state index contributed by atoms with van der Waals surface area (Å²) in [5.41, 5.74) is 7.15. The lowest BCUT2D eigenvalue weighted by Crippen LogP contribution is -2.38. The molecule has 0 unspecified atom stereocenters. The molecule has 1 atom stereocenters. The third-order valence-corrected chi connectivity index (χ3v) is 5.93. The first-order valence-corrected chi connectivity index (χ1v) is 8.80. The smallest absolute Gasteiger partial charge is 0.243 e. The van der Waals surface area contributed by atoms with Crippen molar-refractivity contribution in [2.24, 2.45) is 0 Å². The van der Waals surface area contributed by atoms with Gasteiger partial charge in [-0.2, -0.15) is 4.31 Å². The summed E-state index contributed by atoms with van der Waals surface area (Å²) < 4.78 is 27.5. The number of aromatic nitrogens is 1. The van der Waals surface area contributed by atoms with E-state index in [1.165, 1.54) is 0 Å². The van der Waals surface area contributed by atoms with Gasteiger partial charge in [0.15, 0.2) is 0 Å². The molecule has 6 heteroatoms. The summed E-state index contributed by atoms with van der Waals surface area (Å²) in [5.74, 6) is 0. The summed E-state index contributed by atoms with van der Waals surface area (Å²) in [6, 6.07) is 10.0. The Morgan fingerprint density at radius 1 is 1.14 bits per heavy atom. The fourth-order valence-electron chi connectivity index (χ4n) is 2.87. The van der Waals surface area contributed by atoms with Gasteiger partial charge in [-0.25, -0.2) is 8.42 Å². The van der Waals surface area contributed by atoms with Crippen LogP contribution in [0.2, 0.25) is 0 Å². The van der Waals surface area contributed by atoms with Crippen LogP contribution in [-0.2, 0) is 10.0 Å². The molecule has 2 N–H and O–H groups in total. The van der Waals surface area contributed by atoms with Gasteiger partial charge in [0.25, 0.3) is 0 Å². The molecule has 1 aliphatic rings. The Labute approximate surface area is 130 Å². The van der Waals surface area contributed by atoms with Crippen molar-refractivity contribution in [1.29, 1.82) is 0 Å². The third kappa shape index (κ3) is 2.84. The lowest BCUT2D eigenvalue weighted by atomic mass is 9.99. The van der Waals surface area contributed by atoms with Gasteiger partial charge in [-0.05, 0) is 48.7 Å². The van der Waals surface area contributed by atoms with E-state index in [-0.39, 0.29) is 10.9 Å². The zero-order valence-electron chi connectivity index (χ0n) is 12.2. The zero-order valence-corrected chi connectivity index (χ0v) is 13.0. The van der Waals surface area contributed by atoms with E-state index in [9.17, 15) is 8.42 Å². The van der Waals surface area contributed by atoms with E-state index in [2.05, 4.69) is 4.98 Å². The van der Waals surface area contributed by atoms with Crippen molar-refractivity contribution in [3.63, 3.8) is 0 Å². The van der Waals surface area contributed by atoms with E-state index in [4.69, 9.17) is 5.73 Å². The Morgan fingerprint density at radius 3 is 2.59 bits per heavy atom. The van der Waals surface area contributed by atoms with Crippen molar-refractivity contribution >= 4 is 15.7 Å². The summed E-state index contributed by atoms with van der Waals surface area (Å²) in [5, 5.41) is 0. The SMILES string of the molecule is Nc1ccc(S(=O)(=O)N2CCCC[C@@H]2c2cccnc2)cc1. The molecule has 2 aromatic rings. The van der Waals surface area contributed by atoms with Crippen LogP contribution in [0, 0.1) is 0 Å². The summed E-state index contributed by atoms with van der Waals surface area (Å²) in [7, 11) is -3.53. The van der Waals surface area contributed by atoms with Gasteiger partial charge in [0.2, 0.25) is 10.0 Å². The van der Waals surface area contributed by atoms with Crippen molar-refractivity contribution in [3.05, 3.63) is 54.4 Å². The normalized spacial score (nSPS) is 19.9. The molecule has 116 valence electrons. The molecule has 1 aromatic carbocycles. The van der Waals surface area contributed by atoms with Crippen LogP contribution in [0.1, 0.15) is 30.9 Å². The molecule has 1 aliphatic heterocycles. The Balaban J connectivity index is 1.98. The molecule has 0 bridgehead atoms. The first-order valence-electron chi connectivity index (χ1n) is 7.36. The largest absolute Gasteiger partial charge is 0.399 e. The molecule has 3 rings (SSSR count). The standard InChI is InChI=1S/C16H19N3O2S/c17-14-6-8-15(9-7-14)22(20,21)19-11-2-1-5-16(19)13-4-3-10-18-12-13/h3-4,6-10,12,16H,1-2,5,11,17H2/t16-/m1/s1. The molecular formula is C16H19N3O2S. The van der Waals surface area contributed by atoms with E-state index < -0.39 is 10.0 Å². The maximum atomic E-state index is 12.9. The van der Waals surface area contributed by atoms with Crippen molar-refractivity contribution in [1.82, 2.24) is 9.29 Å². The number of hydrogen-bond donors (Lipinski definition) is 1. The van der Waals surface area contributed by atoms with Crippen LogP contribution in [-0.4, -0.2) is 24.3 Å². The molecular weight excluding hydrogens is 298 g/mol. The lowest BCUT2D eigenvalue weighted by molar-refractivity contribution is 0.255. The van der Waals surface area contributed by atoms with Gasteiger partial charge in [-0.15, -0.1) is 0 Å². The van der Waals surface area contributed by atoms with Crippen molar-refractivity contribution < 1.29 is 8.42 Å². The number of nitrogen functional groups attached to an aromatic ring is 1. The molecule has 2 heterocycles.